The summed E-state index contributed by atoms with van der Waals surface area (Å²) >= 11 is 0. The minimum absolute atomic E-state index is 0.0441. The SMILES string of the molecule is Cc1nccn1CCC(=O)N[C@@H]1CCc2ccc(S(=O)(=O)N3CCOCC3)cc21. The van der Waals surface area contributed by atoms with Crippen LogP contribution in [0.5, 0.6) is 0 Å². The second-order valence-corrected chi connectivity index (χ2v) is 9.39. The van der Waals surface area contributed by atoms with Crippen LogP contribution < -0.4 is 5.32 Å². The Morgan fingerprint density at radius 3 is 2.83 bits per heavy atom. The van der Waals surface area contributed by atoms with Gasteiger partial charge in [0.1, 0.15) is 5.82 Å². The van der Waals surface area contributed by atoms with E-state index in [1.165, 1.54) is 4.31 Å². The highest BCUT2D eigenvalue weighted by atomic mass is 32.2. The van der Waals surface area contributed by atoms with Crippen LogP contribution in [-0.2, 0) is 32.5 Å². The fraction of sp³-hybridized carbons (Fsp3) is 0.500. The van der Waals surface area contributed by atoms with E-state index in [1.54, 1.807) is 18.3 Å². The number of nitrogens with zero attached hydrogens (tertiary/aromatic N) is 3. The molecule has 29 heavy (non-hydrogen) atoms. The number of hydrogen-bond acceptors (Lipinski definition) is 5. The van der Waals surface area contributed by atoms with Crippen LogP contribution in [0.4, 0.5) is 0 Å². The van der Waals surface area contributed by atoms with Gasteiger partial charge in [-0.1, -0.05) is 6.07 Å². The Bertz CT molecular complexity index is 996. The van der Waals surface area contributed by atoms with Crippen molar-refractivity contribution in [2.75, 3.05) is 26.3 Å². The van der Waals surface area contributed by atoms with Gasteiger partial charge in [0.05, 0.1) is 24.2 Å². The van der Waals surface area contributed by atoms with E-state index in [9.17, 15) is 13.2 Å². The van der Waals surface area contributed by atoms with Crippen LogP contribution >= 0.6 is 0 Å². The molecule has 1 aliphatic heterocycles. The lowest BCUT2D eigenvalue weighted by Gasteiger charge is -2.26. The number of nitrogens with one attached hydrogen (secondary N) is 1. The van der Waals surface area contributed by atoms with Crippen molar-refractivity contribution < 1.29 is 17.9 Å². The van der Waals surface area contributed by atoms with Gasteiger partial charge in [-0.3, -0.25) is 4.79 Å². The fourth-order valence-corrected chi connectivity index (χ4v) is 5.40. The first-order valence-electron chi connectivity index (χ1n) is 9.93. The first-order chi connectivity index (χ1) is 13.9. The van der Waals surface area contributed by atoms with Crippen molar-refractivity contribution in [2.45, 2.75) is 43.7 Å². The molecule has 1 atom stereocenters. The third-order valence-electron chi connectivity index (χ3n) is 5.64. The number of sulfonamides is 1. The van der Waals surface area contributed by atoms with E-state index in [-0.39, 0.29) is 16.8 Å². The molecule has 1 amide bonds. The van der Waals surface area contributed by atoms with E-state index in [2.05, 4.69) is 10.3 Å². The van der Waals surface area contributed by atoms with Crippen molar-refractivity contribution in [1.29, 1.82) is 0 Å². The average Bonchev–Trinajstić information content (AvgIpc) is 3.32. The lowest BCUT2D eigenvalue weighted by atomic mass is 10.1. The molecule has 0 saturated carbocycles. The van der Waals surface area contributed by atoms with Gasteiger partial charge in [-0.2, -0.15) is 4.31 Å². The number of hydrogen-bond donors (Lipinski definition) is 1. The minimum Gasteiger partial charge on any atom is -0.379 e. The molecule has 0 unspecified atom stereocenters. The normalized spacial score (nSPS) is 19.8. The van der Waals surface area contributed by atoms with Gasteiger partial charge in [-0.25, -0.2) is 13.4 Å². The summed E-state index contributed by atoms with van der Waals surface area (Å²) < 4.78 is 34.6. The molecule has 1 N–H and O–H groups in total. The average molecular weight is 419 g/mol. The van der Waals surface area contributed by atoms with E-state index < -0.39 is 10.0 Å². The predicted octanol–water partition coefficient (Wildman–Crippen LogP) is 1.41. The molecule has 156 valence electrons. The van der Waals surface area contributed by atoms with E-state index in [4.69, 9.17) is 4.74 Å². The van der Waals surface area contributed by atoms with Crippen molar-refractivity contribution in [2.24, 2.45) is 0 Å². The van der Waals surface area contributed by atoms with Crippen molar-refractivity contribution >= 4 is 15.9 Å². The summed E-state index contributed by atoms with van der Waals surface area (Å²) in [4.78, 5) is 16.9. The number of ether oxygens (including phenoxy) is 1. The molecule has 0 spiro atoms. The molecule has 1 aliphatic carbocycles. The van der Waals surface area contributed by atoms with Crippen molar-refractivity contribution in [3.8, 4) is 0 Å². The zero-order valence-electron chi connectivity index (χ0n) is 16.5. The van der Waals surface area contributed by atoms with Crippen LogP contribution in [0.1, 0.15) is 35.8 Å². The van der Waals surface area contributed by atoms with E-state index in [0.717, 1.165) is 29.8 Å². The van der Waals surface area contributed by atoms with Gasteiger partial charge in [0.15, 0.2) is 0 Å². The Kier molecular flexibility index (Phi) is 5.71. The smallest absolute Gasteiger partial charge is 0.243 e. The number of imidazole rings is 1. The van der Waals surface area contributed by atoms with Gasteiger partial charge < -0.3 is 14.6 Å². The number of morpholine rings is 1. The third kappa shape index (κ3) is 4.22. The van der Waals surface area contributed by atoms with Crippen molar-refractivity contribution in [3.63, 3.8) is 0 Å². The third-order valence-corrected chi connectivity index (χ3v) is 7.54. The molecule has 1 aromatic heterocycles. The maximum atomic E-state index is 13.0. The van der Waals surface area contributed by atoms with Crippen LogP contribution in [0.25, 0.3) is 0 Å². The quantitative estimate of drug-likeness (QED) is 0.766. The summed E-state index contributed by atoms with van der Waals surface area (Å²) in [5.41, 5.74) is 2.01. The summed E-state index contributed by atoms with van der Waals surface area (Å²) in [6.07, 6.45) is 5.55. The second-order valence-electron chi connectivity index (χ2n) is 7.45. The molecular weight excluding hydrogens is 392 g/mol. The standard InChI is InChI=1S/C20H26N4O4S/c1-15-21-7-9-23(15)8-6-20(25)22-19-5-3-16-2-4-17(14-18(16)19)29(26,27)24-10-12-28-13-11-24/h2,4,7,9,14,19H,3,5-6,8,10-13H2,1H3,(H,22,25)/t19-/m1/s1. The van der Waals surface area contributed by atoms with E-state index in [0.29, 0.717) is 39.3 Å². The van der Waals surface area contributed by atoms with Gasteiger partial charge in [0.25, 0.3) is 0 Å². The summed E-state index contributed by atoms with van der Waals surface area (Å²) in [6.45, 7) is 4.04. The Morgan fingerprint density at radius 1 is 1.31 bits per heavy atom. The van der Waals surface area contributed by atoms with E-state index >= 15 is 0 Å². The number of carbonyl (C=O) groups is 1. The predicted molar refractivity (Wildman–Crippen MR) is 107 cm³/mol. The molecule has 0 bridgehead atoms. The summed E-state index contributed by atoms with van der Waals surface area (Å²) in [7, 11) is -3.55. The number of amides is 1. The maximum Gasteiger partial charge on any atom is 0.243 e. The van der Waals surface area contributed by atoms with Gasteiger partial charge in [0, 0.05) is 38.4 Å². The monoisotopic (exact) mass is 418 g/mol. The number of benzene rings is 1. The maximum absolute atomic E-state index is 13.0. The molecule has 9 heteroatoms. The Morgan fingerprint density at radius 2 is 2.10 bits per heavy atom. The van der Waals surface area contributed by atoms with Crippen LogP contribution in [0.15, 0.2) is 35.5 Å². The number of rotatable bonds is 6. The van der Waals surface area contributed by atoms with Crippen molar-refractivity contribution in [1.82, 2.24) is 19.2 Å². The van der Waals surface area contributed by atoms with Crippen LogP contribution in [-0.4, -0.2) is 54.5 Å². The number of aromatic nitrogens is 2. The first kappa shape index (κ1) is 20.1. The molecule has 1 saturated heterocycles. The highest BCUT2D eigenvalue weighted by molar-refractivity contribution is 7.89. The molecule has 8 nitrogen and oxygen atoms in total. The first-order valence-corrected chi connectivity index (χ1v) is 11.4. The Hall–Kier alpha value is -2.23. The summed E-state index contributed by atoms with van der Waals surface area (Å²) in [6, 6.07) is 5.14. The van der Waals surface area contributed by atoms with Crippen molar-refractivity contribution in [3.05, 3.63) is 47.5 Å². The molecule has 2 heterocycles. The molecular formula is C20H26N4O4S. The molecule has 0 radical (unpaired) electrons. The van der Waals surface area contributed by atoms with Crippen LogP contribution in [0.3, 0.4) is 0 Å². The number of carbonyl (C=O) groups excluding carboxylic acids is 1. The number of aryl methyl sites for hydroxylation is 3. The van der Waals surface area contributed by atoms with Gasteiger partial charge >= 0.3 is 0 Å². The minimum atomic E-state index is -3.55. The lowest BCUT2D eigenvalue weighted by Crippen LogP contribution is -2.40. The molecule has 1 fully saturated rings. The topological polar surface area (TPSA) is 93.5 Å². The molecule has 2 aromatic rings. The lowest BCUT2D eigenvalue weighted by molar-refractivity contribution is -0.122. The molecule has 4 rings (SSSR count). The fourth-order valence-electron chi connectivity index (χ4n) is 3.96. The van der Waals surface area contributed by atoms with E-state index in [1.807, 2.05) is 23.8 Å². The zero-order valence-corrected chi connectivity index (χ0v) is 17.3. The van der Waals surface area contributed by atoms with Crippen LogP contribution in [0.2, 0.25) is 0 Å². The highest BCUT2D eigenvalue weighted by Gasteiger charge is 2.30. The summed E-state index contributed by atoms with van der Waals surface area (Å²) in [5.74, 6) is 0.833. The molecule has 2 aliphatic rings. The molecule has 1 aromatic carbocycles. The zero-order chi connectivity index (χ0) is 20.4. The number of fused-ring (bicyclic) bond motifs is 1. The van der Waals surface area contributed by atoms with Crippen LogP contribution in [0, 0.1) is 6.92 Å². The summed E-state index contributed by atoms with van der Waals surface area (Å²) in [5, 5.41) is 3.07. The largest absolute Gasteiger partial charge is 0.379 e. The second kappa shape index (κ2) is 8.25. The Balaban J connectivity index is 1.45. The van der Waals surface area contributed by atoms with Gasteiger partial charge in [-0.05, 0) is 43.0 Å². The highest BCUT2D eigenvalue weighted by Crippen LogP contribution is 2.33. The Labute approximate surface area is 170 Å². The van der Waals surface area contributed by atoms with Gasteiger partial charge in [-0.15, -0.1) is 0 Å². The van der Waals surface area contributed by atoms with Gasteiger partial charge in [0.2, 0.25) is 15.9 Å².